The predicted octanol–water partition coefficient (Wildman–Crippen LogP) is 4.29. The fourth-order valence-corrected chi connectivity index (χ4v) is 4.77. The van der Waals surface area contributed by atoms with E-state index in [0.29, 0.717) is 25.9 Å². The van der Waals surface area contributed by atoms with Crippen LogP contribution in [-0.2, 0) is 25.4 Å². The maximum Gasteiger partial charge on any atom is 0.524 e. The molecule has 2 aliphatic rings. The molecule has 0 bridgehead atoms. The van der Waals surface area contributed by atoms with E-state index in [1.54, 1.807) is 11.0 Å². The van der Waals surface area contributed by atoms with Gasteiger partial charge in [-0.1, -0.05) is 34.5 Å². The Hall–Kier alpha value is -2.85. The molecular formula is C25H32ClN2O9P. The number of cyclic esters (lactones) is 1. The molecule has 0 aliphatic carbocycles. The Morgan fingerprint density at radius 2 is 1.92 bits per heavy atom. The Kier molecular flexibility index (Phi) is 10.8. The van der Waals surface area contributed by atoms with Gasteiger partial charge in [-0.2, -0.15) is 0 Å². The van der Waals surface area contributed by atoms with Crippen molar-refractivity contribution in [3.05, 3.63) is 46.0 Å². The van der Waals surface area contributed by atoms with Gasteiger partial charge in [-0.05, 0) is 57.1 Å². The van der Waals surface area contributed by atoms with Crippen LogP contribution < -0.4 is 4.52 Å². The molecule has 2 heterocycles. The Morgan fingerprint density at radius 3 is 2.63 bits per heavy atom. The van der Waals surface area contributed by atoms with Crippen molar-refractivity contribution in [3.8, 4) is 11.5 Å². The lowest BCUT2D eigenvalue weighted by atomic mass is 9.98. The highest BCUT2D eigenvalue weighted by atomic mass is 35.5. The number of phenolic OH excluding ortho intramolecular Hbond substituents is 1. The number of oxime groups is 1. The minimum absolute atomic E-state index is 0.000109. The zero-order valence-electron chi connectivity index (χ0n) is 21.1. The lowest BCUT2D eigenvalue weighted by Crippen LogP contribution is -2.37. The number of hydrogen-bond donors (Lipinski definition) is 3. The minimum atomic E-state index is -5.12. The topological polar surface area (TPSA) is 155 Å². The van der Waals surface area contributed by atoms with Crippen LogP contribution in [0.25, 0.3) is 0 Å². The first-order chi connectivity index (χ1) is 18.0. The zero-order chi connectivity index (χ0) is 27.7. The van der Waals surface area contributed by atoms with Crippen LogP contribution in [0.1, 0.15) is 61.4 Å². The predicted molar refractivity (Wildman–Crippen MR) is 140 cm³/mol. The number of likely N-dealkylation sites (tertiary alicyclic amines) is 1. The zero-order valence-corrected chi connectivity index (χ0v) is 22.7. The number of fused-ring (bicyclic) bond motifs is 1. The quantitative estimate of drug-likeness (QED) is 0.203. The number of phenols is 1. The smallest absolute Gasteiger partial charge is 0.506 e. The van der Waals surface area contributed by atoms with E-state index in [-0.39, 0.29) is 47.4 Å². The Morgan fingerprint density at radius 1 is 1.21 bits per heavy atom. The summed E-state index contributed by atoms with van der Waals surface area (Å²) in [4.78, 5) is 51.4. The third-order valence-electron chi connectivity index (χ3n) is 5.97. The number of ether oxygens (including phenoxy) is 1. The molecule has 0 unspecified atom stereocenters. The monoisotopic (exact) mass is 570 g/mol. The molecule has 1 aromatic rings. The third kappa shape index (κ3) is 8.87. The number of allylic oxidation sites excluding steroid dienone is 3. The van der Waals surface area contributed by atoms with E-state index in [1.807, 2.05) is 19.1 Å². The molecule has 2 aliphatic heterocycles. The molecule has 1 fully saturated rings. The standard InChI is InChI=1S/C25H32ClN2O9P/c1-17-9-5-2-3-8-12-35-25(31)23-19(24(26)20(29)15-21(23)37-38(32,33)34)14-18(13-17)27-36-16-22(30)28-10-6-4-7-11-28/h2-3,13,15,29H,4-12,14,16H2,1H3,(H2,32,33,34)/b3-2+,17-13+,27-18+. The van der Waals surface area contributed by atoms with Gasteiger partial charge >= 0.3 is 13.8 Å². The summed E-state index contributed by atoms with van der Waals surface area (Å²) >= 11 is 6.36. The number of hydrogen-bond acceptors (Lipinski definition) is 8. The fraction of sp³-hybridized carbons (Fsp3) is 0.480. The number of carbonyl (C=O) groups excluding carboxylic acids is 2. The number of amides is 1. The normalized spacial score (nSPS) is 20.9. The highest BCUT2D eigenvalue weighted by Crippen LogP contribution is 2.45. The second kappa shape index (κ2) is 13.8. The number of carbonyl (C=O) groups is 2. The molecule has 0 spiro atoms. The second-order valence-electron chi connectivity index (χ2n) is 9.04. The summed E-state index contributed by atoms with van der Waals surface area (Å²) in [5.74, 6) is -2.30. The average Bonchev–Trinajstić information content (AvgIpc) is 2.85. The first kappa shape index (κ1) is 29.7. The molecule has 0 aromatic heterocycles. The first-order valence-corrected chi connectivity index (χ1v) is 14.2. The molecule has 1 saturated heterocycles. The van der Waals surface area contributed by atoms with Crippen LogP contribution in [0.2, 0.25) is 5.02 Å². The van der Waals surface area contributed by atoms with Crippen molar-refractivity contribution >= 4 is 37.0 Å². The van der Waals surface area contributed by atoms with Gasteiger partial charge in [0.25, 0.3) is 5.91 Å². The maximum absolute atomic E-state index is 13.0. The maximum atomic E-state index is 13.0. The van der Waals surface area contributed by atoms with Crippen LogP contribution >= 0.6 is 19.4 Å². The van der Waals surface area contributed by atoms with E-state index in [4.69, 9.17) is 25.7 Å². The number of nitrogens with zero attached hydrogens (tertiary/aromatic N) is 2. The van der Waals surface area contributed by atoms with Crippen molar-refractivity contribution in [1.29, 1.82) is 0 Å². The number of phosphoric ester groups is 1. The molecule has 3 rings (SSSR count). The fourth-order valence-electron chi connectivity index (χ4n) is 4.15. The van der Waals surface area contributed by atoms with Gasteiger partial charge in [0.2, 0.25) is 0 Å². The van der Waals surface area contributed by atoms with Gasteiger partial charge in [0.05, 0.1) is 17.3 Å². The number of benzene rings is 1. The van der Waals surface area contributed by atoms with E-state index in [0.717, 1.165) is 37.3 Å². The van der Waals surface area contributed by atoms with Crippen LogP contribution in [0.3, 0.4) is 0 Å². The molecular weight excluding hydrogens is 539 g/mol. The van der Waals surface area contributed by atoms with Crippen LogP contribution in [-0.4, -0.2) is 63.7 Å². The summed E-state index contributed by atoms with van der Waals surface area (Å²) in [6, 6.07) is 0.843. The van der Waals surface area contributed by atoms with Gasteiger partial charge < -0.3 is 24.1 Å². The largest absolute Gasteiger partial charge is 0.524 e. The highest BCUT2D eigenvalue weighted by molar-refractivity contribution is 7.46. The SMILES string of the molecule is C/C1=C\C(=N/OCC(=O)N2CCCCC2)Cc2c(Cl)c(O)cc(OP(=O)(O)O)c2C(=O)OCC/C=C/CC1. The molecule has 1 amide bonds. The van der Waals surface area contributed by atoms with Crippen LogP contribution in [0.4, 0.5) is 0 Å². The number of halogens is 1. The van der Waals surface area contributed by atoms with Gasteiger partial charge in [-0.25, -0.2) is 9.36 Å². The Bertz CT molecular complexity index is 1170. The molecule has 11 nitrogen and oxygen atoms in total. The van der Waals surface area contributed by atoms with Crippen molar-refractivity contribution < 1.29 is 43.1 Å². The second-order valence-corrected chi connectivity index (χ2v) is 10.6. The number of phosphoric acid groups is 1. The average molecular weight is 571 g/mol. The van der Waals surface area contributed by atoms with Crippen LogP contribution in [0, 0.1) is 0 Å². The Balaban J connectivity index is 2.01. The van der Waals surface area contributed by atoms with Crippen molar-refractivity contribution in [2.45, 2.75) is 51.9 Å². The van der Waals surface area contributed by atoms with Crippen LogP contribution in [0.15, 0.2) is 35.0 Å². The molecule has 38 heavy (non-hydrogen) atoms. The number of aromatic hydroxyl groups is 1. The van der Waals surface area contributed by atoms with E-state index in [9.17, 15) is 29.0 Å². The molecule has 13 heteroatoms. The summed E-state index contributed by atoms with van der Waals surface area (Å²) < 4.78 is 21.6. The molecule has 0 atom stereocenters. The minimum Gasteiger partial charge on any atom is -0.506 e. The lowest BCUT2D eigenvalue weighted by molar-refractivity contribution is -0.137. The number of rotatable bonds is 5. The molecule has 0 saturated carbocycles. The Labute approximate surface area is 225 Å². The van der Waals surface area contributed by atoms with Crippen LogP contribution in [0.5, 0.6) is 11.5 Å². The van der Waals surface area contributed by atoms with Gasteiger partial charge in [-0.3, -0.25) is 14.6 Å². The van der Waals surface area contributed by atoms with Gasteiger partial charge in [0.15, 0.2) is 6.61 Å². The molecule has 1 aromatic carbocycles. The van der Waals surface area contributed by atoms with Crippen molar-refractivity contribution in [1.82, 2.24) is 4.90 Å². The van der Waals surface area contributed by atoms with E-state index >= 15 is 0 Å². The first-order valence-electron chi connectivity index (χ1n) is 12.3. The van der Waals surface area contributed by atoms with Crippen molar-refractivity contribution in [2.24, 2.45) is 5.16 Å². The van der Waals surface area contributed by atoms with E-state index in [1.165, 1.54) is 0 Å². The highest BCUT2D eigenvalue weighted by Gasteiger charge is 2.29. The van der Waals surface area contributed by atoms with Gasteiger partial charge in [0.1, 0.15) is 17.1 Å². The third-order valence-corrected chi connectivity index (χ3v) is 6.82. The molecule has 3 N–H and O–H groups in total. The number of piperidine rings is 1. The molecule has 0 radical (unpaired) electrons. The summed E-state index contributed by atoms with van der Waals surface area (Å²) in [7, 11) is -5.12. The summed E-state index contributed by atoms with van der Waals surface area (Å²) in [5, 5.41) is 14.3. The summed E-state index contributed by atoms with van der Waals surface area (Å²) in [5.41, 5.74) is 0.795. The van der Waals surface area contributed by atoms with Crippen molar-refractivity contribution in [2.75, 3.05) is 26.3 Å². The van der Waals surface area contributed by atoms with E-state index in [2.05, 4.69) is 5.16 Å². The van der Waals surface area contributed by atoms with Gasteiger partial charge in [-0.15, -0.1) is 0 Å². The van der Waals surface area contributed by atoms with Gasteiger partial charge in [0, 0.05) is 25.6 Å². The number of esters is 1. The van der Waals surface area contributed by atoms with Crippen molar-refractivity contribution in [3.63, 3.8) is 0 Å². The summed E-state index contributed by atoms with van der Waals surface area (Å²) in [6.07, 6.45) is 10.1. The van der Waals surface area contributed by atoms with E-state index < -0.39 is 25.3 Å². The summed E-state index contributed by atoms with van der Waals surface area (Å²) in [6.45, 7) is 2.93. The molecule has 208 valence electrons. The lowest BCUT2D eigenvalue weighted by Gasteiger charge is -2.26.